The number of hydrogen-bond acceptors (Lipinski definition) is 2. The van der Waals surface area contributed by atoms with E-state index >= 15 is 0 Å². The minimum atomic E-state index is -4.26. The number of ether oxygens (including phenoxy) is 1. The molecule has 0 saturated carbocycles. The molecule has 0 radical (unpaired) electrons. The van der Waals surface area contributed by atoms with Gasteiger partial charge in [-0.2, -0.15) is 13.2 Å². The fourth-order valence-corrected chi connectivity index (χ4v) is 2.14. The molecule has 1 aromatic carbocycles. The van der Waals surface area contributed by atoms with Gasteiger partial charge in [-0.15, -0.1) is 0 Å². The van der Waals surface area contributed by atoms with Gasteiger partial charge in [0.2, 0.25) is 0 Å². The summed E-state index contributed by atoms with van der Waals surface area (Å²) in [5, 5.41) is 0. The summed E-state index contributed by atoms with van der Waals surface area (Å²) in [6, 6.07) is 4.49. The van der Waals surface area contributed by atoms with Gasteiger partial charge in [0.15, 0.2) is 0 Å². The molecule has 0 atom stereocenters. The summed E-state index contributed by atoms with van der Waals surface area (Å²) in [4.78, 5) is 0.171. The van der Waals surface area contributed by atoms with E-state index in [0.717, 1.165) is 0 Å². The van der Waals surface area contributed by atoms with Crippen LogP contribution in [0.3, 0.4) is 0 Å². The Morgan fingerprint density at radius 1 is 1.24 bits per heavy atom. The van der Waals surface area contributed by atoms with Gasteiger partial charge in [0, 0.05) is 10.5 Å². The van der Waals surface area contributed by atoms with E-state index in [2.05, 4.69) is 0 Å². The van der Waals surface area contributed by atoms with Crippen molar-refractivity contribution in [3.8, 4) is 5.75 Å². The quantitative estimate of drug-likeness (QED) is 0.688. The number of halogens is 3. The second kappa shape index (κ2) is 3.98. The highest BCUT2D eigenvalue weighted by Gasteiger charge is 2.30. The van der Waals surface area contributed by atoms with Gasteiger partial charge in [-0.3, -0.25) is 0 Å². The molecule has 0 saturated heterocycles. The van der Waals surface area contributed by atoms with Gasteiger partial charge >= 0.3 is 5.51 Å². The third-order valence-corrected chi connectivity index (χ3v) is 2.97. The van der Waals surface area contributed by atoms with E-state index in [1.165, 1.54) is 12.1 Å². The molecule has 0 spiro atoms. The molecule has 17 heavy (non-hydrogen) atoms. The zero-order chi connectivity index (χ0) is 12.7. The average molecular weight is 260 g/mol. The summed E-state index contributed by atoms with van der Waals surface area (Å²) in [6.07, 6.45) is 3.62. The summed E-state index contributed by atoms with van der Waals surface area (Å²) in [5.41, 5.74) is -3.99. The van der Waals surface area contributed by atoms with Gasteiger partial charge in [-0.25, -0.2) is 0 Å². The molecular formula is C12H11F3OS. The lowest BCUT2D eigenvalue weighted by Crippen LogP contribution is -2.27. The Morgan fingerprint density at radius 2 is 1.94 bits per heavy atom. The van der Waals surface area contributed by atoms with Gasteiger partial charge in [0.05, 0.1) is 0 Å². The standard InChI is InChI=1S/C12H11F3OS/c1-11(2)6-5-8-7-9(17-12(13,14)15)3-4-10(8)16-11/h3-7H,1-2H3. The maximum Gasteiger partial charge on any atom is 0.446 e. The van der Waals surface area contributed by atoms with Gasteiger partial charge in [0.1, 0.15) is 11.4 Å². The first-order valence-electron chi connectivity index (χ1n) is 5.03. The zero-order valence-electron chi connectivity index (χ0n) is 9.34. The van der Waals surface area contributed by atoms with Crippen LogP contribution in [-0.4, -0.2) is 11.1 Å². The molecule has 92 valence electrons. The highest BCUT2D eigenvalue weighted by atomic mass is 32.2. The molecule has 1 heterocycles. The summed E-state index contributed by atoms with van der Waals surface area (Å²) in [5.74, 6) is 0.615. The van der Waals surface area contributed by atoms with E-state index in [9.17, 15) is 13.2 Å². The van der Waals surface area contributed by atoms with Crippen molar-refractivity contribution in [1.82, 2.24) is 0 Å². The second-order valence-electron chi connectivity index (χ2n) is 4.29. The summed E-state index contributed by atoms with van der Waals surface area (Å²) in [7, 11) is 0. The smallest absolute Gasteiger partial charge is 0.446 e. The molecular weight excluding hydrogens is 249 g/mol. The van der Waals surface area contributed by atoms with E-state index < -0.39 is 11.1 Å². The largest absolute Gasteiger partial charge is 0.483 e. The van der Waals surface area contributed by atoms with Crippen LogP contribution in [0.4, 0.5) is 13.2 Å². The Balaban J connectivity index is 2.28. The average Bonchev–Trinajstić information content (AvgIpc) is 2.15. The molecule has 0 fully saturated rings. The third-order valence-electron chi connectivity index (χ3n) is 2.25. The maximum absolute atomic E-state index is 12.2. The van der Waals surface area contributed by atoms with Crippen molar-refractivity contribution in [3.63, 3.8) is 0 Å². The summed E-state index contributed by atoms with van der Waals surface area (Å²) >= 11 is -0.116. The molecule has 1 aromatic rings. The van der Waals surface area contributed by atoms with Crippen LogP contribution in [0.15, 0.2) is 29.2 Å². The van der Waals surface area contributed by atoms with Crippen molar-refractivity contribution >= 4 is 17.8 Å². The van der Waals surface area contributed by atoms with E-state index in [-0.39, 0.29) is 16.7 Å². The highest BCUT2D eigenvalue weighted by molar-refractivity contribution is 8.00. The number of thioether (sulfide) groups is 1. The van der Waals surface area contributed by atoms with E-state index in [4.69, 9.17) is 4.74 Å². The van der Waals surface area contributed by atoms with Crippen LogP contribution in [-0.2, 0) is 0 Å². The van der Waals surface area contributed by atoms with Crippen molar-refractivity contribution in [2.24, 2.45) is 0 Å². The minimum absolute atomic E-state index is 0.116. The van der Waals surface area contributed by atoms with Crippen molar-refractivity contribution in [3.05, 3.63) is 29.8 Å². The number of alkyl halides is 3. The molecule has 1 nitrogen and oxygen atoms in total. The monoisotopic (exact) mass is 260 g/mol. The number of hydrogen-bond donors (Lipinski definition) is 0. The van der Waals surface area contributed by atoms with E-state index in [0.29, 0.717) is 11.3 Å². The molecule has 0 aliphatic carbocycles. The normalized spacial score (nSPS) is 17.5. The lowest BCUT2D eigenvalue weighted by Gasteiger charge is -2.28. The van der Waals surface area contributed by atoms with Crippen LogP contribution >= 0.6 is 11.8 Å². The van der Waals surface area contributed by atoms with Gasteiger partial charge in [-0.1, -0.05) is 6.08 Å². The molecule has 0 bridgehead atoms. The first kappa shape index (κ1) is 12.4. The van der Waals surface area contributed by atoms with Crippen molar-refractivity contribution < 1.29 is 17.9 Å². The minimum Gasteiger partial charge on any atom is -0.483 e. The lowest BCUT2D eigenvalue weighted by atomic mass is 10.0. The Bertz CT molecular complexity index is 463. The van der Waals surface area contributed by atoms with Crippen LogP contribution in [0.1, 0.15) is 19.4 Å². The highest BCUT2D eigenvalue weighted by Crippen LogP contribution is 2.40. The maximum atomic E-state index is 12.2. The predicted octanol–water partition coefficient (Wildman–Crippen LogP) is 4.48. The topological polar surface area (TPSA) is 9.23 Å². The SMILES string of the molecule is CC1(C)C=Cc2cc(SC(F)(F)F)ccc2O1. The Morgan fingerprint density at radius 3 is 2.59 bits per heavy atom. The van der Waals surface area contributed by atoms with Crippen LogP contribution < -0.4 is 4.74 Å². The molecule has 0 N–H and O–H groups in total. The zero-order valence-corrected chi connectivity index (χ0v) is 10.2. The van der Waals surface area contributed by atoms with Crippen LogP contribution in [0, 0.1) is 0 Å². The van der Waals surface area contributed by atoms with Gasteiger partial charge < -0.3 is 4.74 Å². The Hall–Kier alpha value is -1.10. The molecule has 5 heteroatoms. The predicted molar refractivity (Wildman–Crippen MR) is 62.1 cm³/mol. The Kier molecular flexibility index (Phi) is 2.89. The van der Waals surface area contributed by atoms with Gasteiger partial charge in [-0.05, 0) is 49.9 Å². The fraction of sp³-hybridized carbons (Fsp3) is 0.333. The number of benzene rings is 1. The van der Waals surface area contributed by atoms with Crippen LogP contribution in [0.5, 0.6) is 5.75 Å². The van der Waals surface area contributed by atoms with Crippen LogP contribution in [0.25, 0.3) is 6.08 Å². The summed E-state index contributed by atoms with van der Waals surface area (Å²) < 4.78 is 42.3. The van der Waals surface area contributed by atoms with E-state index in [1.807, 2.05) is 19.9 Å². The number of fused-ring (bicyclic) bond motifs is 1. The Labute approximate surface area is 102 Å². The fourth-order valence-electron chi connectivity index (χ4n) is 1.55. The molecule has 0 unspecified atom stereocenters. The van der Waals surface area contributed by atoms with Crippen molar-refractivity contribution in [1.29, 1.82) is 0 Å². The first-order valence-corrected chi connectivity index (χ1v) is 5.85. The molecule has 2 rings (SSSR count). The first-order chi connectivity index (χ1) is 7.75. The van der Waals surface area contributed by atoms with Crippen LogP contribution in [0.2, 0.25) is 0 Å². The lowest BCUT2D eigenvalue weighted by molar-refractivity contribution is -0.0328. The van der Waals surface area contributed by atoms with Gasteiger partial charge in [0.25, 0.3) is 0 Å². The molecule has 1 aliphatic rings. The second-order valence-corrected chi connectivity index (χ2v) is 5.42. The third kappa shape index (κ3) is 3.19. The molecule has 0 amide bonds. The van der Waals surface area contributed by atoms with E-state index in [1.54, 1.807) is 12.1 Å². The summed E-state index contributed by atoms with van der Waals surface area (Å²) in [6.45, 7) is 3.79. The molecule has 1 aliphatic heterocycles. The number of rotatable bonds is 1. The van der Waals surface area contributed by atoms with Crippen molar-refractivity contribution in [2.45, 2.75) is 29.9 Å². The van der Waals surface area contributed by atoms with Crippen molar-refractivity contribution in [2.75, 3.05) is 0 Å². The molecule has 0 aromatic heterocycles.